The van der Waals surface area contributed by atoms with E-state index >= 15 is 0 Å². The van der Waals surface area contributed by atoms with Crippen LogP contribution < -0.4 is 0 Å². The van der Waals surface area contributed by atoms with E-state index < -0.39 is 0 Å². The maximum atomic E-state index is 10.1. The number of hydrogen-bond donors (Lipinski definition) is 1. The fourth-order valence-corrected chi connectivity index (χ4v) is 4.18. The van der Waals surface area contributed by atoms with Crippen LogP contribution in [-0.4, -0.2) is 59.8 Å². The smallest absolute Gasteiger partial charge is 0.0580 e. The minimum absolute atomic E-state index is 0.0262. The molecule has 104 valence electrons. The van der Waals surface area contributed by atoms with Gasteiger partial charge in [-0.25, -0.2) is 0 Å². The zero-order chi connectivity index (χ0) is 12.4. The Balaban J connectivity index is 1.55. The summed E-state index contributed by atoms with van der Waals surface area (Å²) in [5.41, 5.74) is 0. The molecule has 3 atom stereocenters. The van der Waals surface area contributed by atoms with E-state index in [0.29, 0.717) is 5.92 Å². The molecule has 3 nitrogen and oxygen atoms in total. The number of fused-ring (bicyclic) bond motifs is 1. The van der Waals surface area contributed by atoms with Gasteiger partial charge in [0.15, 0.2) is 0 Å². The molecule has 2 heterocycles. The summed E-state index contributed by atoms with van der Waals surface area (Å²) in [7, 11) is 0. The van der Waals surface area contributed by atoms with E-state index in [1.807, 2.05) is 0 Å². The average molecular weight is 252 g/mol. The van der Waals surface area contributed by atoms with Gasteiger partial charge in [0.05, 0.1) is 6.10 Å². The highest BCUT2D eigenvalue weighted by atomic mass is 16.3. The lowest BCUT2D eigenvalue weighted by molar-refractivity contribution is 0.0450. The monoisotopic (exact) mass is 252 g/mol. The minimum atomic E-state index is -0.0262. The molecule has 3 aliphatic rings. The van der Waals surface area contributed by atoms with Gasteiger partial charge in [0.25, 0.3) is 0 Å². The van der Waals surface area contributed by atoms with Crippen molar-refractivity contribution in [2.45, 2.75) is 57.1 Å². The molecule has 1 aliphatic carbocycles. The fourth-order valence-electron chi connectivity index (χ4n) is 4.18. The van der Waals surface area contributed by atoms with Gasteiger partial charge in [-0.05, 0) is 57.7 Å². The molecule has 0 radical (unpaired) electrons. The van der Waals surface area contributed by atoms with Gasteiger partial charge in [0.1, 0.15) is 0 Å². The third-order valence-corrected chi connectivity index (χ3v) is 5.25. The van der Waals surface area contributed by atoms with E-state index in [0.717, 1.165) is 19.0 Å². The van der Waals surface area contributed by atoms with Crippen LogP contribution in [0.15, 0.2) is 0 Å². The molecule has 2 aliphatic heterocycles. The Morgan fingerprint density at radius 1 is 0.889 bits per heavy atom. The summed E-state index contributed by atoms with van der Waals surface area (Å²) in [6.45, 7) is 6.27. The molecule has 0 bridgehead atoms. The summed E-state index contributed by atoms with van der Waals surface area (Å²) in [6.07, 6.45) is 8.91. The summed E-state index contributed by atoms with van der Waals surface area (Å²) < 4.78 is 0. The van der Waals surface area contributed by atoms with Gasteiger partial charge in [0.2, 0.25) is 0 Å². The van der Waals surface area contributed by atoms with Crippen molar-refractivity contribution in [1.82, 2.24) is 9.80 Å². The summed E-state index contributed by atoms with van der Waals surface area (Å²) in [5.74, 6) is 0.548. The fraction of sp³-hybridized carbons (Fsp3) is 1.00. The third kappa shape index (κ3) is 2.89. The van der Waals surface area contributed by atoms with Gasteiger partial charge < -0.3 is 10.0 Å². The van der Waals surface area contributed by atoms with Crippen LogP contribution >= 0.6 is 0 Å². The normalized spacial score (nSPS) is 39.5. The van der Waals surface area contributed by atoms with Crippen molar-refractivity contribution in [2.24, 2.45) is 5.92 Å². The molecule has 1 N–H and O–H groups in total. The van der Waals surface area contributed by atoms with Crippen LogP contribution in [0.1, 0.15) is 44.9 Å². The maximum Gasteiger partial charge on any atom is 0.0580 e. The van der Waals surface area contributed by atoms with E-state index in [2.05, 4.69) is 9.80 Å². The molecule has 0 aromatic carbocycles. The molecule has 0 spiro atoms. The Labute approximate surface area is 111 Å². The molecule has 3 unspecified atom stereocenters. The molecule has 3 rings (SSSR count). The first-order valence-corrected chi connectivity index (χ1v) is 7.97. The highest BCUT2D eigenvalue weighted by Gasteiger charge is 2.31. The summed E-state index contributed by atoms with van der Waals surface area (Å²) in [5, 5.41) is 10.1. The Kier molecular flexibility index (Phi) is 4.22. The van der Waals surface area contributed by atoms with Crippen molar-refractivity contribution in [2.75, 3.05) is 32.7 Å². The summed E-state index contributed by atoms with van der Waals surface area (Å²) in [6, 6.07) is 0.813. The molecule has 3 fully saturated rings. The van der Waals surface area contributed by atoms with E-state index in [1.54, 1.807) is 0 Å². The topological polar surface area (TPSA) is 26.7 Å². The van der Waals surface area contributed by atoms with Gasteiger partial charge in [-0.3, -0.25) is 4.90 Å². The first-order chi connectivity index (χ1) is 8.83. The standard InChI is InChI=1S/C15H28N2O/c18-15-7-2-1-5-13(15)11-16-8-4-10-17-9-3-6-14(17)12-16/h13-15,18H,1-12H2. The second kappa shape index (κ2) is 5.89. The van der Waals surface area contributed by atoms with Gasteiger partial charge in [-0.2, -0.15) is 0 Å². The van der Waals surface area contributed by atoms with Crippen molar-refractivity contribution < 1.29 is 5.11 Å². The summed E-state index contributed by atoms with van der Waals surface area (Å²) >= 11 is 0. The maximum absolute atomic E-state index is 10.1. The van der Waals surface area contributed by atoms with Crippen LogP contribution in [0.3, 0.4) is 0 Å². The quantitative estimate of drug-likeness (QED) is 0.810. The van der Waals surface area contributed by atoms with E-state index in [-0.39, 0.29) is 6.10 Å². The van der Waals surface area contributed by atoms with Gasteiger partial charge in [-0.1, -0.05) is 12.8 Å². The first kappa shape index (κ1) is 12.9. The lowest BCUT2D eigenvalue weighted by atomic mass is 9.86. The van der Waals surface area contributed by atoms with Crippen LogP contribution in [0.25, 0.3) is 0 Å². The van der Waals surface area contributed by atoms with Crippen LogP contribution in [-0.2, 0) is 0 Å². The van der Waals surface area contributed by atoms with E-state index in [9.17, 15) is 5.11 Å². The molecule has 0 aromatic heterocycles. The van der Waals surface area contributed by atoms with Crippen molar-refractivity contribution >= 4 is 0 Å². The SMILES string of the molecule is OC1CCCCC1CN1CCCN2CCCC2C1. The average Bonchev–Trinajstić information content (AvgIpc) is 2.71. The Bertz CT molecular complexity index is 271. The molecular weight excluding hydrogens is 224 g/mol. The summed E-state index contributed by atoms with van der Waals surface area (Å²) in [4.78, 5) is 5.34. The highest BCUT2D eigenvalue weighted by molar-refractivity contribution is 4.86. The first-order valence-electron chi connectivity index (χ1n) is 7.97. The highest BCUT2D eigenvalue weighted by Crippen LogP contribution is 2.27. The lowest BCUT2D eigenvalue weighted by Gasteiger charge is -2.33. The van der Waals surface area contributed by atoms with Gasteiger partial charge in [0, 0.05) is 19.1 Å². The van der Waals surface area contributed by atoms with Crippen molar-refractivity contribution in [3.63, 3.8) is 0 Å². The number of hydrogen-bond acceptors (Lipinski definition) is 3. The molecular formula is C15H28N2O. The Hall–Kier alpha value is -0.120. The Morgan fingerprint density at radius 3 is 2.61 bits per heavy atom. The largest absolute Gasteiger partial charge is 0.393 e. The van der Waals surface area contributed by atoms with Crippen molar-refractivity contribution in [3.8, 4) is 0 Å². The number of rotatable bonds is 2. The van der Waals surface area contributed by atoms with E-state index in [1.165, 1.54) is 64.7 Å². The molecule has 1 saturated carbocycles. The van der Waals surface area contributed by atoms with E-state index in [4.69, 9.17) is 0 Å². The number of aliphatic hydroxyl groups excluding tert-OH is 1. The van der Waals surface area contributed by atoms with Gasteiger partial charge >= 0.3 is 0 Å². The van der Waals surface area contributed by atoms with Crippen LogP contribution in [0.4, 0.5) is 0 Å². The molecule has 0 amide bonds. The molecule has 2 saturated heterocycles. The number of aliphatic hydroxyl groups is 1. The molecule has 3 heteroatoms. The molecule has 0 aromatic rings. The second-order valence-electron chi connectivity index (χ2n) is 6.56. The van der Waals surface area contributed by atoms with Crippen LogP contribution in [0, 0.1) is 5.92 Å². The van der Waals surface area contributed by atoms with Crippen molar-refractivity contribution in [1.29, 1.82) is 0 Å². The zero-order valence-corrected chi connectivity index (χ0v) is 11.6. The van der Waals surface area contributed by atoms with Gasteiger partial charge in [-0.15, -0.1) is 0 Å². The third-order valence-electron chi connectivity index (χ3n) is 5.25. The molecule has 18 heavy (non-hydrogen) atoms. The second-order valence-corrected chi connectivity index (χ2v) is 6.56. The predicted octanol–water partition coefficient (Wildman–Crippen LogP) is 1.71. The Morgan fingerprint density at radius 2 is 1.72 bits per heavy atom. The minimum Gasteiger partial charge on any atom is -0.393 e. The van der Waals surface area contributed by atoms with Crippen molar-refractivity contribution in [3.05, 3.63) is 0 Å². The predicted molar refractivity (Wildman–Crippen MR) is 73.6 cm³/mol. The number of nitrogens with zero attached hydrogens (tertiary/aromatic N) is 2. The zero-order valence-electron chi connectivity index (χ0n) is 11.6. The van der Waals surface area contributed by atoms with Crippen LogP contribution in [0.5, 0.6) is 0 Å². The lowest BCUT2D eigenvalue weighted by Crippen LogP contribution is -2.41. The van der Waals surface area contributed by atoms with Crippen LogP contribution in [0.2, 0.25) is 0 Å².